The smallest absolute Gasteiger partial charge is 0.255 e. The highest BCUT2D eigenvalue weighted by atomic mass is 79.9. The number of nitrogens with zero attached hydrogens (tertiary/aromatic N) is 2. The summed E-state index contributed by atoms with van der Waals surface area (Å²) in [7, 11) is 0. The van der Waals surface area contributed by atoms with Crippen LogP contribution < -0.4 is 20.1 Å². The van der Waals surface area contributed by atoms with Gasteiger partial charge < -0.3 is 20.1 Å². The summed E-state index contributed by atoms with van der Waals surface area (Å²) in [6.07, 6.45) is 2.96. The fourth-order valence-electron chi connectivity index (χ4n) is 4.50. The van der Waals surface area contributed by atoms with E-state index in [1.165, 1.54) is 31.5 Å². The number of hydrogen-bond acceptors (Lipinski definition) is 8. The number of benzene rings is 4. The molecule has 0 saturated carbocycles. The average Bonchev–Trinajstić information content (AvgIpc) is 3.19. The van der Waals surface area contributed by atoms with Crippen LogP contribution in [0.25, 0.3) is 0 Å². The van der Waals surface area contributed by atoms with E-state index in [9.17, 15) is 19.2 Å². The zero-order valence-electron chi connectivity index (χ0n) is 28.5. The Morgan fingerprint density at radius 1 is 0.545 bits per heavy atom. The second kappa shape index (κ2) is 19.3. The molecule has 0 atom stereocenters. The summed E-state index contributed by atoms with van der Waals surface area (Å²) < 4.78 is 11.3. The first kappa shape index (κ1) is 40.9. The summed E-state index contributed by atoms with van der Waals surface area (Å²) in [5.41, 5.74) is 2.98. The summed E-state index contributed by atoms with van der Waals surface area (Å²) in [6.45, 7) is 1.50. The first-order chi connectivity index (χ1) is 26.4. The summed E-state index contributed by atoms with van der Waals surface area (Å²) in [5, 5.41) is 7.09. The van der Waals surface area contributed by atoms with Gasteiger partial charge in [-0.2, -0.15) is 0 Å². The topological polar surface area (TPSA) is 137 Å². The van der Waals surface area contributed by atoms with Gasteiger partial charge in [0.1, 0.15) is 11.5 Å². The molecule has 2 N–H and O–H groups in total. The number of hydrogen-bond donors (Lipinski definition) is 2. The van der Waals surface area contributed by atoms with Crippen LogP contribution in [0.4, 0.5) is 11.4 Å². The maximum Gasteiger partial charge on any atom is 0.255 e. The molecule has 0 fully saturated rings. The monoisotopic (exact) mass is 878 g/mol. The van der Waals surface area contributed by atoms with Crippen LogP contribution >= 0.6 is 62.3 Å². The first-order valence-electron chi connectivity index (χ1n) is 16.0. The molecule has 6 rings (SSSR count). The Bertz CT molecular complexity index is 2330. The van der Waals surface area contributed by atoms with Crippen LogP contribution in [0.2, 0.25) is 20.1 Å². The third-order valence-electron chi connectivity index (χ3n) is 7.36. The van der Waals surface area contributed by atoms with Crippen LogP contribution in [0.1, 0.15) is 48.4 Å². The maximum absolute atomic E-state index is 12.3. The number of ketones is 2. The second-order valence-electron chi connectivity index (χ2n) is 11.3. The van der Waals surface area contributed by atoms with E-state index in [1.54, 1.807) is 97.1 Å². The Balaban J connectivity index is 0.000000211. The van der Waals surface area contributed by atoms with Crippen molar-refractivity contribution in [3.63, 3.8) is 0 Å². The van der Waals surface area contributed by atoms with Gasteiger partial charge in [-0.05, 0) is 104 Å². The van der Waals surface area contributed by atoms with E-state index in [4.69, 9.17) is 55.9 Å². The van der Waals surface area contributed by atoms with Crippen LogP contribution in [0.15, 0.2) is 122 Å². The molecule has 0 bridgehead atoms. The predicted molar refractivity (Wildman–Crippen MR) is 218 cm³/mol. The number of ether oxygens (including phenoxy) is 2. The Labute approximate surface area is 343 Å². The summed E-state index contributed by atoms with van der Waals surface area (Å²) in [4.78, 5) is 55.7. The highest BCUT2D eigenvalue weighted by molar-refractivity contribution is 9.09. The summed E-state index contributed by atoms with van der Waals surface area (Å²) in [6, 6.07) is 29.4. The van der Waals surface area contributed by atoms with E-state index < -0.39 is 0 Å². The molecule has 55 heavy (non-hydrogen) atoms. The molecule has 15 heteroatoms. The minimum atomic E-state index is -0.332. The Hall–Kier alpha value is -5.30. The quantitative estimate of drug-likeness (QED) is 0.0969. The maximum atomic E-state index is 12.3. The molecule has 278 valence electrons. The summed E-state index contributed by atoms with van der Waals surface area (Å²) in [5.74, 6) is 1.13. The summed E-state index contributed by atoms with van der Waals surface area (Å²) >= 11 is 26.7. The molecule has 10 nitrogen and oxygen atoms in total. The van der Waals surface area contributed by atoms with Gasteiger partial charge in [0.05, 0.1) is 49.2 Å². The SMILES string of the molecule is CC(=O)c1ccc(Oc2ccc(NC(=O)c3ccc(Cl)c(Cl)c3)cn2)cc1.O=C(CBr)c1ccc(Oc2ccc(NC(=O)c3ccc(Cl)c(Cl)c3)cn2)cc1. The predicted octanol–water partition coefficient (Wildman–Crippen LogP) is 11.6. The number of carbonyl (C=O) groups excluding carboxylic acids is 4. The molecule has 2 aromatic heterocycles. The molecule has 0 spiro atoms. The standard InChI is InChI=1S/C20H13BrCl2N2O3.C20H14Cl2N2O3/c21-10-18(26)12-1-5-15(6-2-12)28-19-8-4-14(11-24-19)25-20(27)13-3-7-16(22)17(23)9-13;1-12(25)13-2-6-16(7-3-13)27-19-9-5-15(11-23-19)24-20(26)14-4-8-17(21)18(22)10-14/h1-9,11H,10H2,(H,25,27);2-11H,1H3,(H,24,26). The van der Waals surface area contributed by atoms with Crippen molar-refractivity contribution in [2.75, 3.05) is 16.0 Å². The molecule has 0 aliphatic rings. The lowest BCUT2D eigenvalue weighted by molar-refractivity contribution is 0.101. The third-order valence-corrected chi connectivity index (χ3v) is 9.34. The largest absolute Gasteiger partial charge is 0.439 e. The number of nitrogens with one attached hydrogen (secondary N) is 2. The van der Waals surface area contributed by atoms with Gasteiger partial charge in [-0.15, -0.1) is 0 Å². The van der Waals surface area contributed by atoms with Crippen LogP contribution in [0.5, 0.6) is 23.3 Å². The fourth-order valence-corrected chi connectivity index (χ4v) is 5.42. The Kier molecular flexibility index (Phi) is 14.4. The first-order valence-corrected chi connectivity index (χ1v) is 18.6. The molecule has 0 radical (unpaired) electrons. The van der Waals surface area contributed by atoms with Gasteiger partial charge in [0.2, 0.25) is 11.8 Å². The zero-order valence-corrected chi connectivity index (χ0v) is 33.1. The number of rotatable bonds is 11. The van der Waals surface area contributed by atoms with Crippen molar-refractivity contribution in [1.82, 2.24) is 9.97 Å². The van der Waals surface area contributed by atoms with Crippen molar-refractivity contribution in [1.29, 1.82) is 0 Å². The molecule has 0 saturated heterocycles. The van der Waals surface area contributed by atoms with Crippen molar-refractivity contribution in [3.05, 3.63) is 164 Å². The van der Waals surface area contributed by atoms with Gasteiger partial charge >= 0.3 is 0 Å². The number of aromatic nitrogens is 2. The lowest BCUT2D eigenvalue weighted by Crippen LogP contribution is -2.12. The van der Waals surface area contributed by atoms with Crippen LogP contribution in [0, 0.1) is 0 Å². The fraction of sp³-hybridized carbons (Fsp3) is 0.0500. The van der Waals surface area contributed by atoms with Gasteiger partial charge in [0.15, 0.2) is 11.6 Å². The average molecular weight is 881 g/mol. The van der Waals surface area contributed by atoms with Crippen LogP contribution in [-0.4, -0.2) is 38.7 Å². The van der Waals surface area contributed by atoms with E-state index in [1.807, 2.05) is 0 Å². The number of amides is 2. The Morgan fingerprint density at radius 2 is 0.945 bits per heavy atom. The van der Waals surface area contributed by atoms with E-state index in [0.717, 1.165) is 0 Å². The minimum Gasteiger partial charge on any atom is -0.439 e. The highest BCUT2D eigenvalue weighted by Crippen LogP contribution is 2.26. The van der Waals surface area contributed by atoms with E-state index in [0.29, 0.717) is 77.0 Å². The van der Waals surface area contributed by atoms with Crippen molar-refractivity contribution in [2.24, 2.45) is 0 Å². The molecular weight excluding hydrogens is 854 g/mol. The van der Waals surface area contributed by atoms with Crippen molar-refractivity contribution < 1.29 is 28.7 Å². The third kappa shape index (κ3) is 11.8. The van der Waals surface area contributed by atoms with Gasteiger partial charge in [-0.1, -0.05) is 62.3 Å². The minimum absolute atomic E-state index is 0.00764. The lowest BCUT2D eigenvalue weighted by atomic mass is 10.1. The number of pyridine rings is 2. The Morgan fingerprint density at radius 3 is 1.29 bits per heavy atom. The highest BCUT2D eigenvalue weighted by Gasteiger charge is 2.11. The van der Waals surface area contributed by atoms with Crippen LogP contribution in [0.3, 0.4) is 0 Å². The number of carbonyl (C=O) groups is 4. The number of Topliss-reactive ketones (excluding diaryl/α,β-unsaturated/α-hetero) is 2. The van der Waals surface area contributed by atoms with E-state index in [-0.39, 0.29) is 28.7 Å². The molecule has 2 heterocycles. The van der Waals surface area contributed by atoms with Crippen molar-refractivity contribution in [2.45, 2.75) is 6.92 Å². The zero-order chi connectivity index (χ0) is 39.5. The number of alkyl halides is 1. The molecule has 0 aliphatic carbocycles. The molecule has 0 aliphatic heterocycles. The van der Waals surface area contributed by atoms with Gasteiger partial charge in [-0.25, -0.2) is 9.97 Å². The molecule has 2 amide bonds. The van der Waals surface area contributed by atoms with Gasteiger partial charge in [-0.3, -0.25) is 19.2 Å². The molecule has 6 aromatic rings. The van der Waals surface area contributed by atoms with Crippen LogP contribution in [-0.2, 0) is 0 Å². The molecule has 4 aromatic carbocycles. The van der Waals surface area contributed by atoms with Gasteiger partial charge in [0, 0.05) is 34.4 Å². The van der Waals surface area contributed by atoms with Gasteiger partial charge in [0.25, 0.3) is 11.8 Å². The van der Waals surface area contributed by atoms with Crippen molar-refractivity contribution >= 4 is 97.1 Å². The second-order valence-corrected chi connectivity index (χ2v) is 13.5. The van der Waals surface area contributed by atoms with Crippen molar-refractivity contribution in [3.8, 4) is 23.3 Å². The molecular formula is C40H27BrCl4N4O6. The number of anilines is 2. The van der Waals surface area contributed by atoms with E-state index >= 15 is 0 Å². The number of halogens is 5. The lowest BCUT2D eigenvalue weighted by Gasteiger charge is -2.08. The normalized spacial score (nSPS) is 10.4. The van der Waals surface area contributed by atoms with E-state index in [2.05, 4.69) is 36.5 Å². The molecule has 0 unspecified atom stereocenters.